The summed E-state index contributed by atoms with van der Waals surface area (Å²) in [6.45, 7) is 4.89. The molecule has 2 heterocycles. The zero-order valence-corrected chi connectivity index (χ0v) is 10.7. The first-order valence-corrected chi connectivity index (χ1v) is 6.63. The normalized spacial score (nSPS) is 16.6. The van der Waals surface area contributed by atoms with E-state index < -0.39 is 0 Å². The number of carbonyl (C=O) groups excluding carboxylic acids is 1. The highest BCUT2D eigenvalue weighted by molar-refractivity contribution is 7.13. The monoisotopic (exact) mass is 259 g/mol. The third-order valence-electron chi connectivity index (χ3n) is 2.67. The Morgan fingerprint density at radius 1 is 1.50 bits per heavy atom. The first-order valence-electron chi connectivity index (χ1n) is 5.21. The topological polar surface area (TPSA) is 36.4 Å². The van der Waals surface area contributed by atoms with Crippen LogP contribution in [0.2, 0.25) is 0 Å². The maximum absolute atomic E-state index is 11.2. The minimum absolute atomic E-state index is 0.153. The molecule has 1 aliphatic heterocycles. The van der Waals surface area contributed by atoms with E-state index >= 15 is 0 Å². The van der Waals surface area contributed by atoms with Gasteiger partial charge in [-0.05, 0) is 0 Å². The smallest absolute Gasteiger partial charge is 0.219 e. The Morgan fingerprint density at radius 2 is 2.19 bits per heavy atom. The summed E-state index contributed by atoms with van der Waals surface area (Å²) < 4.78 is 0. The van der Waals surface area contributed by atoms with Crippen molar-refractivity contribution in [3.63, 3.8) is 0 Å². The van der Waals surface area contributed by atoms with Crippen LogP contribution in [-0.4, -0.2) is 42.0 Å². The third kappa shape index (κ3) is 2.47. The highest BCUT2D eigenvalue weighted by atomic mass is 35.5. The van der Waals surface area contributed by atoms with Gasteiger partial charge in [0.2, 0.25) is 5.91 Å². The highest BCUT2D eigenvalue weighted by Gasteiger charge is 2.20. The zero-order chi connectivity index (χ0) is 11.5. The fourth-order valence-electron chi connectivity index (χ4n) is 1.72. The fraction of sp³-hybridized carbons (Fsp3) is 0.600. The molecule has 0 spiro atoms. The van der Waals surface area contributed by atoms with E-state index in [1.807, 2.05) is 10.3 Å². The molecule has 16 heavy (non-hydrogen) atoms. The molecule has 1 amide bonds. The summed E-state index contributed by atoms with van der Waals surface area (Å²) in [6, 6.07) is 0. The van der Waals surface area contributed by atoms with E-state index in [0.29, 0.717) is 5.88 Å². The van der Waals surface area contributed by atoms with Crippen LogP contribution in [0.4, 0.5) is 5.13 Å². The molecule has 0 radical (unpaired) electrons. The predicted octanol–water partition coefficient (Wildman–Crippen LogP) is 1.55. The van der Waals surface area contributed by atoms with Gasteiger partial charge in [0.15, 0.2) is 5.13 Å². The molecule has 6 heteroatoms. The Balaban J connectivity index is 1.96. The van der Waals surface area contributed by atoms with Gasteiger partial charge in [-0.1, -0.05) is 0 Å². The average Bonchev–Trinajstić information content (AvgIpc) is 2.77. The van der Waals surface area contributed by atoms with Crippen LogP contribution in [0.25, 0.3) is 0 Å². The summed E-state index contributed by atoms with van der Waals surface area (Å²) in [5, 5.41) is 3.00. The van der Waals surface area contributed by atoms with Crippen molar-refractivity contribution in [3.05, 3.63) is 11.1 Å². The summed E-state index contributed by atoms with van der Waals surface area (Å²) in [5.74, 6) is 0.615. The first-order chi connectivity index (χ1) is 7.70. The van der Waals surface area contributed by atoms with Gasteiger partial charge in [-0.2, -0.15) is 0 Å². The molecule has 1 fully saturated rings. The number of alkyl halides is 1. The molecule has 88 valence electrons. The van der Waals surface area contributed by atoms with Gasteiger partial charge < -0.3 is 9.80 Å². The van der Waals surface area contributed by atoms with Gasteiger partial charge in [0.1, 0.15) is 0 Å². The average molecular weight is 260 g/mol. The summed E-state index contributed by atoms with van der Waals surface area (Å²) in [6.07, 6.45) is 0. The van der Waals surface area contributed by atoms with Gasteiger partial charge in [0.25, 0.3) is 0 Å². The standard InChI is InChI=1S/C10H14ClN3OS/c1-8(15)13-2-4-14(5-3-13)10-12-9(6-11)7-16-10/h7H,2-6H2,1H3. The molecule has 0 N–H and O–H groups in total. The number of piperazine rings is 1. The number of rotatable bonds is 2. The number of carbonyl (C=O) groups is 1. The lowest BCUT2D eigenvalue weighted by Crippen LogP contribution is -2.48. The maximum Gasteiger partial charge on any atom is 0.219 e. The van der Waals surface area contributed by atoms with Crippen molar-refractivity contribution in [1.29, 1.82) is 0 Å². The van der Waals surface area contributed by atoms with E-state index in [4.69, 9.17) is 11.6 Å². The minimum Gasteiger partial charge on any atom is -0.345 e. The minimum atomic E-state index is 0.153. The molecule has 0 aliphatic carbocycles. The van der Waals surface area contributed by atoms with Gasteiger partial charge in [-0.25, -0.2) is 4.98 Å². The van der Waals surface area contributed by atoms with Crippen LogP contribution in [0.5, 0.6) is 0 Å². The van der Waals surface area contributed by atoms with E-state index in [1.54, 1.807) is 18.3 Å². The Hall–Kier alpha value is -0.810. The van der Waals surface area contributed by atoms with Gasteiger partial charge in [0.05, 0.1) is 11.6 Å². The molecule has 0 unspecified atom stereocenters. The van der Waals surface area contributed by atoms with E-state index in [9.17, 15) is 4.79 Å². The van der Waals surface area contributed by atoms with Crippen LogP contribution in [0.3, 0.4) is 0 Å². The second-order valence-corrected chi connectivity index (χ2v) is 4.85. The summed E-state index contributed by atoms with van der Waals surface area (Å²) in [7, 11) is 0. The molecule has 0 atom stereocenters. The van der Waals surface area contributed by atoms with E-state index in [-0.39, 0.29) is 5.91 Å². The molecular formula is C10H14ClN3OS. The zero-order valence-electron chi connectivity index (χ0n) is 9.15. The Labute approximate surface area is 104 Å². The number of thiazole rings is 1. The molecular weight excluding hydrogens is 246 g/mol. The SMILES string of the molecule is CC(=O)N1CCN(c2nc(CCl)cs2)CC1. The second kappa shape index (κ2) is 5.01. The lowest BCUT2D eigenvalue weighted by molar-refractivity contribution is -0.129. The molecule has 1 aromatic heterocycles. The van der Waals surface area contributed by atoms with Gasteiger partial charge in [0, 0.05) is 38.5 Å². The third-order valence-corrected chi connectivity index (χ3v) is 3.90. The van der Waals surface area contributed by atoms with E-state index in [0.717, 1.165) is 37.0 Å². The largest absolute Gasteiger partial charge is 0.345 e. The number of hydrogen-bond donors (Lipinski definition) is 0. The summed E-state index contributed by atoms with van der Waals surface area (Å²) in [5.41, 5.74) is 0.927. The number of hydrogen-bond acceptors (Lipinski definition) is 4. The van der Waals surface area contributed by atoms with Crippen molar-refractivity contribution in [2.45, 2.75) is 12.8 Å². The van der Waals surface area contributed by atoms with Crippen molar-refractivity contribution in [3.8, 4) is 0 Å². The van der Waals surface area contributed by atoms with Gasteiger partial charge in [-0.3, -0.25) is 4.79 Å². The van der Waals surface area contributed by atoms with Crippen molar-refractivity contribution in [2.75, 3.05) is 31.1 Å². The number of halogens is 1. The number of aromatic nitrogens is 1. The van der Waals surface area contributed by atoms with Crippen LogP contribution in [0.1, 0.15) is 12.6 Å². The fourth-order valence-corrected chi connectivity index (χ4v) is 2.82. The number of amides is 1. The Kier molecular flexibility index (Phi) is 3.66. The highest BCUT2D eigenvalue weighted by Crippen LogP contribution is 2.22. The predicted molar refractivity (Wildman–Crippen MR) is 66.1 cm³/mol. The van der Waals surface area contributed by atoms with Crippen LogP contribution >= 0.6 is 22.9 Å². The van der Waals surface area contributed by atoms with Crippen molar-refractivity contribution >= 4 is 34.0 Å². The van der Waals surface area contributed by atoms with Crippen LogP contribution in [0, 0.1) is 0 Å². The van der Waals surface area contributed by atoms with E-state index in [2.05, 4.69) is 9.88 Å². The lowest BCUT2D eigenvalue weighted by atomic mass is 10.3. The van der Waals surface area contributed by atoms with E-state index in [1.165, 1.54) is 0 Å². The lowest BCUT2D eigenvalue weighted by Gasteiger charge is -2.33. The molecule has 1 aliphatic rings. The first kappa shape index (κ1) is 11.7. The molecule has 1 aromatic rings. The summed E-state index contributed by atoms with van der Waals surface area (Å²) >= 11 is 7.33. The molecule has 1 saturated heterocycles. The van der Waals surface area contributed by atoms with Crippen molar-refractivity contribution in [1.82, 2.24) is 9.88 Å². The molecule has 0 aromatic carbocycles. The molecule has 0 saturated carbocycles. The van der Waals surface area contributed by atoms with Gasteiger partial charge in [-0.15, -0.1) is 22.9 Å². The van der Waals surface area contributed by atoms with Crippen LogP contribution in [0.15, 0.2) is 5.38 Å². The van der Waals surface area contributed by atoms with Crippen molar-refractivity contribution < 1.29 is 4.79 Å². The molecule has 4 nitrogen and oxygen atoms in total. The second-order valence-electron chi connectivity index (χ2n) is 3.75. The Morgan fingerprint density at radius 3 is 2.69 bits per heavy atom. The molecule has 0 bridgehead atoms. The number of anilines is 1. The number of nitrogens with zero attached hydrogens (tertiary/aromatic N) is 3. The quantitative estimate of drug-likeness (QED) is 0.757. The van der Waals surface area contributed by atoms with Crippen LogP contribution in [-0.2, 0) is 10.7 Å². The van der Waals surface area contributed by atoms with Crippen molar-refractivity contribution in [2.24, 2.45) is 0 Å². The molecule has 2 rings (SSSR count). The maximum atomic E-state index is 11.2. The Bertz CT molecular complexity index is 374. The van der Waals surface area contributed by atoms with Gasteiger partial charge >= 0.3 is 0 Å². The summed E-state index contributed by atoms with van der Waals surface area (Å²) in [4.78, 5) is 19.7. The van der Waals surface area contributed by atoms with Crippen LogP contribution < -0.4 is 4.90 Å².